The third-order valence-corrected chi connectivity index (χ3v) is 12.9. The van der Waals surface area contributed by atoms with E-state index in [-0.39, 0.29) is 0 Å². The second-order valence-corrected chi connectivity index (χ2v) is 16.4. The zero-order chi connectivity index (χ0) is 41.6. The molecule has 1 aromatic heterocycles. The largest absolute Gasteiger partial charge is 0.248 e. The summed E-state index contributed by atoms with van der Waals surface area (Å²) in [5.74, 6) is 0. The van der Waals surface area contributed by atoms with Gasteiger partial charge in [0.05, 0.1) is 16.8 Å². The smallest absolute Gasteiger partial charge is 0.0715 e. The molecular formula is C61H45N. The summed E-state index contributed by atoms with van der Waals surface area (Å²) in [4.78, 5) is 5.22. The van der Waals surface area contributed by atoms with E-state index in [1.54, 1.807) is 0 Å². The Balaban J connectivity index is 1.14. The van der Waals surface area contributed by atoms with Crippen LogP contribution in [-0.2, 0) is 5.41 Å². The van der Waals surface area contributed by atoms with Crippen LogP contribution in [0.2, 0.25) is 0 Å². The van der Waals surface area contributed by atoms with Gasteiger partial charge in [-0.05, 0) is 126 Å². The molecule has 11 rings (SSSR count). The number of fused-ring (bicyclic) bond motifs is 9. The van der Waals surface area contributed by atoms with E-state index in [4.69, 9.17) is 4.98 Å². The van der Waals surface area contributed by atoms with E-state index in [1.165, 1.54) is 82.4 Å². The van der Waals surface area contributed by atoms with Crippen LogP contribution in [0.25, 0.3) is 88.2 Å². The molecule has 0 fully saturated rings. The van der Waals surface area contributed by atoms with Crippen molar-refractivity contribution in [2.45, 2.75) is 25.7 Å². The van der Waals surface area contributed by atoms with E-state index in [2.05, 4.69) is 238 Å². The van der Waals surface area contributed by atoms with Crippen molar-refractivity contribution in [2.75, 3.05) is 0 Å². The Morgan fingerprint density at radius 1 is 0.435 bits per heavy atom. The first-order valence-electron chi connectivity index (χ1n) is 21.8. The molecule has 0 N–H and O–H groups in total. The van der Waals surface area contributed by atoms with Crippen molar-refractivity contribution in [1.29, 1.82) is 0 Å². The Hall–Kier alpha value is -7.61. The lowest BCUT2D eigenvalue weighted by Crippen LogP contribution is -2.29. The zero-order valence-electron chi connectivity index (χ0n) is 35.0. The third-order valence-electron chi connectivity index (χ3n) is 12.9. The fraction of sp³-hybridized carbons (Fsp3) is 0.0656. The maximum Gasteiger partial charge on any atom is 0.0715 e. The maximum atomic E-state index is 5.22. The van der Waals surface area contributed by atoms with Crippen molar-refractivity contribution >= 4 is 32.3 Å². The second kappa shape index (κ2) is 15.4. The Kier molecular flexibility index (Phi) is 9.32. The van der Waals surface area contributed by atoms with Gasteiger partial charge in [-0.25, -0.2) is 4.98 Å². The average molecular weight is 792 g/mol. The fourth-order valence-electron chi connectivity index (χ4n) is 10.3. The minimum Gasteiger partial charge on any atom is -0.248 e. The molecule has 0 spiro atoms. The van der Waals surface area contributed by atoms with Crippen LogP contribution in [0.5, 0.6) is 0 Å². The molecule has 0 amide bonds. The van der Waals surface area contributed by atoms with Crippen LogP contribution >= 0.6 is 0 Å². The summed E-state index contributed by atoms with van der Waals surface area (Å²) in [6.45, 7) is 4.37. The number of aromatic nitrogens is 1. The highest BCUT2D eigenvalue weighted by atomic mass is 14.7. The topological polar surface area (TPSA) is 12.9 Å². The van der Waals surface area contributed by atoms with Gasteiger partial charge < -0.3 is 0 Å². The van der Waals surface area contributed by atoms with Gasteiger partial charge in [-0.2, -0.15) is 0 Å². The van der Waals surface area contributed by atoms with Crippen LogP contribution < -0.4 is 0 Å². The molecule has 1 aliphatic rings. The van der Waals surface area contributed by atoms with E-state index >= 15 is 0 Å². The quantitative estimate of drug-likeness (QED) is 0.110. The molecule has 1 heteroatoms. The summed E-state index contributed by atoms with van der Waals surface area (Å²) in [6.07, 6.45) is 7.88. The van der Waals surface area contributed by atoms with Gasteiger partial charge in [-0.1, -0.05) is 207 Å². The summed E-state index contributed by atoms with van der Waals surface area (Å²) in [5.41, 5.74) is 16.3. The Morgan fingerprint density at radius 2 is 0.984 bits per heavy atom. The van der Waals surface area contributed by atoms with Crippen molar-refractivity contribution in [3.05, 3.63) is 247 Å². The number of rotatable bonds is 8. The number of hydrogen-bond acceptors (Lipinski definition) is 1. The molecule has 1 unspecified atom stereocenters. The highest BCUT2D eigenvalue weighted by Crippen LogP contribution is 2.57. The first kappa shape index (κ1) is 37.4. The number of nitrogens with zero attached hydrogens (tertiary/aromatic N) is 1. The lowest BCUT2D eigenvalue weighted by molar-refractivity contribution is 0.761. The minimum absolute atomic E-state index is 0.420. The van der Waals surface area contributed by atoms with Crippen LogP contribution in [0, 0.1) is 0 Å². The predicted octanol–water partition coefficient (Wildman–Crippen LogP) is 16.4. The zero-order valence-corrected chi connectivity index (χ0v) is 35.0. The van der Waals surface area contributed by atoms with Crippen LogP contribution in [0.4, 0.5) is 0 Å². The van der Waals surface area contributed by atoms with E-state index < -0.39 is 5.41 Å². The molecule has 294 valence electrons. The molecule has 1 heterocycles. The molecule has 0 bridgehead atoms. The van der Waals surface area contributed by atoms with Gasteiger partial charge in [0, 0.05) is 11.1 Å². The standard InChI is InChI=1S/C61H45N/c1-3-19-46(20-4-2)61(47-25-12-7-13-26-47)56-32-17-16-29-51(56)55-38-44(34-36-57(55)61)43-33-35-53-54(37-43)50-28-15-14-27-49(50)52-31-18-30-48(60(52)53)45-39-58(41-21-8-5-9-22-41)62-59(40-45)42-23-10-6-11-24-42/h3,5-40H,4H2,1-2H3/b19-3-,46-20+. The number of benzene rings is 9. The van der Waals surface area contributed by atoms with Crippen LogP contribution in [0.3, 0.4) is 0 Å². The van der Waals surface area contributed by atoms with Gasteiger partial charge >= 0.3 is 0 Å². The van der Waals surface area contributed by atoms with E-state index in [0.717, 1.165) is 34.5 Å². The third kappa shape index (κ3) is 5.96. The van der Waals surface area contributed by atoms with Crippen LogP contribution in [-0.4, -0.2) is 4.98 Å². The minimum atomic E-state index is -0.420. The molecule has 0 saturated heterocycles. The number of allylic oxidation sites excluding steroid dienone is 4. The van der Waals surface area contributed by atoms with Gasteiger partial charge in [0.1, 0.15) is 0 Å². The first-order valence-corrected chi connectivity index (χ1v) is 21.8. The highest BCUT2D eigenvalue weighted by Gasteiger charge is 2.46. The van der Waals surface area contributed by atoms with E-state index in [0.29, 0.717) is 0 Å². The van der Waals surface area contributed by atoms with E-state index in [9.17, 15) is 0 Å². The lowest BCUT2D eigenvalue weighted by atomic mass is 9.66. The van der Waals surface area contributed by atoms with Crippen molar-refractivity contribution in [2.24, 2.45) is 0 Å². The molecule has 0 radical (unpaired) electrons. The van der Waals surface area contributed by atoms with E-state index in [1.807, 2.05) is 0 Å². The second-order valence-electron chi connectivity index (χ2n) is 16.4. The van der Waals surface area contributed by atoms with Gasteiger partial charge in [0.15, 0.2) is 0 Å². The predicted molar refractivity (Wildman–Crippen MR) is 263 cm³/mol. The summed E-state index contributed by atoms with van der Waals surface area (Å²) < 4.78 is 0. The normalized spacial score (nSPS) is 14.8. The van der Waals surface area contributed by atoms with Crippen molar-refractivity contribution in [3.8, 4) is 55.9 Å². The maximum absolute atomic E-state index is 5.22. The summed E-state index contributed by atoms with van der Waals surface area (Å²) in [5, 5.41) is 7.51. The summed E-state index contributed by atoms with van der Waals surface area (Å²) >= 11 is 0. The van der Waals surface area contributed by atoms with Gasteiger partial charge in [0.25, 0.3) is 0 Å². The average Bonchev–Trinajstić information content (AvgIpc) is 3.64. The molecule has 62 heavy (non-hydrogen) atoms. The van der Waals surface area contributed by atoms with Crippen molar-refractivity contribution in [3.63, 3.8) is 0 Å². The number of pyridine rings is 1. The molecular weight excluding hydrogens is 747 g/mol. The van der Waals surface area contributed by atoms with Gasteiger partial charge in [-0.3, -0.25) is 0 Å². The van der Waals surface area contributed by atoms with Crippen LogP contribution in [0.1, 0.15) is 37.0 Å². The van der Waals surface area contributed by atoms with Gasteiger partial charge in [0.2, 0.25) is 0 Å². The molecule has 1 nitrogen and oxygen atoms in total. The highest BCUT2D eigenvalue weighted by molar-refractivity contribution is 6.29. The summed E-state index contributed by atoms with van der Waals surface area (Å²) in [7, 11) is 0. The molecule has 1 atom stereocenters. The molecule has 10 aromatic rings. The SMILES string of the molecule is C/C=C\C(=C/CC)C1(c2ccccc2)c2ccccc2-c2cc(-c3ccc4c(c3)c3ccccc3c3cccc(-c5cc(-c6ccccc6)nc(-c6ccccc6)c5)c34)ccc21. The fourth-order valence-corrected chi connectivity index (χ4v) is 10.3. The number of hydrogen-bond donors (Lipinski definition) is 0. The molecule has 1 aliphatic carbocycles. The molecule has 9 aromatic carbocycles. The van der Waals surface area contributed by atoms with Crippen molar-refractivity contribution < 1.29 is 0 Å². The summed E-state index contributed by atoms with van der Waals surface area (Å²) in [6, 6.07) is 75.8. The van der Waals surface area contributed by atoms with Crippen molar-refractivity contribution in [1.82, 2.24) is 4.98 Å². The Bertz CT molecular complexity index is 3320. The Morgan fingerprint density at radius 3 is 1.68 bits per heavy atom. The van der Waals surface area contributed by atoms with Gasteiger partial charge in [-0.15, -0.1) is 0 Å². The monoisotopic (exact) mass is 791 g/mol. The Labute approximate surface area is 364 Å². The van der Waals surface area contributed by atoms with Crippen LogP contribution in [0.15, 0.2) is 230 Å². The lowest BCUT2D eigenvalue weighted by Gasteiger charge is -2.35. The molecule has 0 aliphatic heterocycles. The molecule has 0 saturated carbocycles. The first-order chi connectivity index (χ1) is 30.7.